The van der Waals surface area contributed by atoms with Gasteiger partial charge in [0.05, 0.1) is 4.91 Å². The van der Waals surface area contributed by atoms with Crippen molar-refractivity contribution in [2.75, 3.05) is 19.6 Å². The number of carbonyl (C=O) groups is 3. The lowest BCUT2D eigenvalue weighted by Crippen LogP contribution is -2.45. The number of rotatable bonds is 5. The van der Waals surface area contributed by atoms with E-state index in [0.717, 1.165) is 58.9 Å². The fourth-order valence-electron chi connectivity index (χ4n) is 4.09. The molecule has 0 saturated carbocycles. The minimum absolute atomic E-state index is 0.148. The van der Waals surface area contributed by atoms with Gasteiger partial charge in [0.25, 0.3) is 11.1 Å². The first-order valence-corrected chi connectivity index (χ1v) is 11.4. The van der Waals surface area contributed by atoms with Crippen LogP contribution in [0.3, 0.4) is 0 Å². The van der Waals surface area contributed by atoms with Gasteiger partial charge in [-0.05, 0) is 49.1 Å². The summed E-state index contributed by atoms with van der Waals surface area (Å²) in [7, 11) is 0. The van der Waals surface area contributed by atoms with Crippen molar-refractivity contribution < 1.29 is 14.4 Å². The Hall–Kier alpha value is -2.54. The number of nitrogens with zero attached hydrogens (tertiary/aromatic N) is 3. The van der Waals surface area contributed by atoms with E-state index in [1.54, 1.807) is 11.0 Å². The molecule has 158 valence electrons. The van der Waals surface area contributed by atoms with Crippen LogP contribution in [-0.2, 0) is 16.1 Å². The van der Waals surface area contributed by atoms with E-state index < -0.39 is 0 Å². The minimum atomic E-state index is -0.379. The molecule has 0 spiro atoms. The maximum absolute atomic E-state index is 12.9. The highest BCUT2D eigenvalue weighted by molar-refractivity contribution is 8.18. The van der Waals surface area contributed by atoms with Crippen LogP contribution in [0.15, 0.2) is 35.4 Å². The number of piperidine rings is 1. The molecule has 3 heterocycles. The predicted molar refractivity (Wildman–Crippen MR) is 120 cm³/mol. The van der Waals surface area contributed by atoms with Gasteiger partial charge in [0.15, 0.2) is 0 Å². The van der Waals surface area contributed by atoms with E-state index in [1.807, 2.05) is 24.4 Å². The minimum Gasteiger partial charge on any atom is -0.347 e. The van der Waals surface area contributed by atoms with Crippen molar-refractivity contribution in [2.45, 2.75) is 39.7 Å². The molecule has 3 amide bonds. The molecule has 2 saturated heterocycles. The number of benzene rings is 1. The Morgan fingerprint density at radius 2 is 1.93 bits per heavy atom. The van der Waals surface area contributed by atoms with E-state index >= 15 is 0 Å². The molecule has 2 aliphatic heterocycles. The second-order valence-corrected chi connectivity index (χ2v) is 9.12. The molecule has 6 nitrogen and oxygen atoms in total. The maximum atomic E-state index is 12.9. The molecular formula is C23H27N3O3S. The van der Waals surface area contributed by atoms with Crippen LogP contribution in [0.5, 0.6) is 0 Å². The topological polar surface area (TPSA) is 62.6 Å². The summed E-state index contributed by atoms with van der Waals surface area (Å²) >= 11 is 0.915. The van der Waals surface area contributed by atoms with Gasteiger partial charge in [-0.1, -0.05) is 32.0 Å². The zero-order valence-corrected chi connectivity index (χ0v) is 18.3. The number of imide groups is 1. The van der Waals surface area contributed by atoms with Crippen LogP contribution in [-0.4, -0.2) is 51.1 Å². The van der Waals surface area contributed by atoms with Crippen LogP contribution >= 0.6 is 11.8 Å². The number of hydrogen-bond donors (Lipinski definition) is 0. The second kappa shape index (κ2) is 8.68. The Kier molecular flexibility index (Phi) is 5.99. The summed E-state index contributed by atoms with van der Waals surface area (Å²) in [5, 5.41) is 0.679. The summed E-state index contributed by atoms with van der Waals surface area (Å²) in [5.41, 5.74) is 2.03. The Balaban J connectivity index is 1.53. The lowest BCUT2D eigenvalue weighted by Gasteiger charge is -2.31. The highest BCUT2D eigenvalue weighted by Crippen LogP contribution is 2.34. The average molecular weight is 426 g/mol. The van der Waals surface area contributed by atoms with Gasteiger partial charge in [0.2, 0.25) is 5.91 Å². The summed E-state index contributed by atoms with van der Waals surface area (Å²) in [4.78, 5) is 41.2. The van der Waals surface area contributed by atoms with Crippen LogP contribution in [0.1, 0.15) is 38.7 Å². The van der Waals surface area contributed by atoms with E-state index in [4.69, 9.17) is 0 Å². The summed E-state index contributed by atoms with van der Waals surface area (Å²) in [6, 6.07) is 8.06. The standard InChI is InChI=1S/C23H27N3O3S/c1-3-10-25-14-17(18-6-4-5-7-19(18)25)13-20-22(28)26(23(29)30-20)15-21(27)24-11-8-16(2)9-12-24/h4-7,13-14,16H,3,8-12,15H2,1-2H3. The van der Waals surface area contributed by atoms with Gasteiger partial charge in [0.1, 0.15) is 6.54 Å². The van der Waals surface area contributed by atoms with Crippen LogP contribution < -0.4 is 0 Å². The van der Waals surface area contributed by atoms with Crippen LogP contribution in [0, 0.1) is 5.92 Å². The number of likely N-dealkylation sites (tertiary alicyclic amines) is 1. The highest BCUT2D eigenvalue weighted by Gasteiger charge is 2.37. The molecule has 0 N–H and O–H groups in total. The van der Waals surface area contributed by atoms with Crippen molar-refractivity contribution in [1.82, 2.24) is 14.4 Å². The molecule has 0 radical (unpaired) electrons. The number of aryl methyl sites for hydroxylation is 1. The Bertz CT molecular complexity index is 1020. The Morgan fingerprint density at radius 1 is 1.20 bits per heavy atom. The van der Waals surface area contributed by atoms with E-state index in [9.17, 15) is 14.4 Å². The summed E-state index contributed by atoms with van der Waals surface area (Å²) in [6.07, 6.45) is 6.76. The van der Waals surface area contributed by atoms with E-state index in [-0.39, 0.29) is 23.6 Å². The quantitative estimate of drug-likeness (QED) is 0.669. The summed E-state index contributed by atoms with van der Waals surface area (Å²) < 4.78 is 2.17. The molecule has 0 bridgehead atoms. The van der Waals surface area contributed by atoms with Gasteiger partial charge in [-0.3, -0.25) is 19.3 Å². The first kappa shape index (κ1) is 20.7. The molecule has 0 atom stereocenters. The largest absolute Gasteiger partial charge is 0.347 e. The molecule has 4 rings (SSSR count). The molecule has 1 aromatic heterocycles. The molecule has 7 heteroatoms. The number of hydrogen-bond acceptors (Lipinski definition) is 4. The first-order valence-electron chi connectivity index (χ1n) is 10.6. The molecule has 1 aromatic carbocycles. The van der Waals surface area contributed by atoms with Crippen molar-refractivity contribution in [3.8, 4) is 0 Å². The van der Waals surface area contributed by atoms with Gasteiger partial charge in [-0.15, -0.1) is 0 Å². The number of fused-ring (bicyclic) bond motifs is 1. The van der Waals surface area contributed by atoms with Crippen LogP contribution in [0.4, 0.5) is 4.79 Å². The van der Waals surface area contributed by atoms with Gasteiger partial charge >= 0.3 is 0 Å². The molecule has 0 unspecified atom stereocenters. The molecule has 30 heavy (non-hydrogen) atoms. The fourth-order valence-corrected chi connectivity index (χ4v) is 4.92. The maximum Gasteiger partial charge on any atom is 0.294 e. The number of para-hydroxylation sites is 1. The summed E-state index contributed by atoms with van der Waals surface area (Å²) in [6.45, 7) is 6.42. The lowest BCUT2D eigenvalue weighted by molar-refractivity contribution is -0.136. The van der Waals surface area contributed by atoms with Gasteiger partial charge in [0, 0.05) is 42.3 Å². The number of amides is 3. The fraction of sp³-hybridized carbons (Fsp3) is 0.435. The molecule has 2 fully saturated rings. The third-order valence-electron chi connectivity index (χ3n) is 5.87. The third-order valence-corrected chi connectivity index (χ3v) is 6.78. The monoisotopic (exact) mass is 425 g/mol. The van der Waals surface area contributed by atoms with Crippen molar-refractivity contribution in [2.24, 2.45) is 5.92 Å². The molecule has 2 aromatic rings. The van der Waals surface area contributed by atoms with Crippen molar-refractivity contribution >= 4 is 45.8 Å². The van der Waals surface area contributed by atoms with Crippen molar-refractivity contribution in [1.29, 1.82) is 0 Å². The zero-order chi connectivity index (χ0) is 21.3. The number of aromatic nitrogens is 1. The molecule has 2 aliphatic rings. The van der Waals surface area contributed by atoms with E-state index in [0.29, 0.717) is 23.9 Å². The van der Waals surface area contributed by atoms with E-state index in [2.05, 4.69) is 24.5 Å². The third kappa shape index (κ3) is 4.03. The Labute approximate surface area is 180 Å². The summed E-state index contributed by atoms with van der Waals surface area (Å²) in [5.74, 6) is 0.0880. The molecular weight excluding hydrogens is 398 g/mol. The van der Waals surface area contributed by atoms with Gasteiger partial charge < -0.3 is 9.47 Å². The smallest absolute Gasteiger partial charge is 0.294 e. The first-order chi connectivity index (χ1) is 14.5. The van der Waals surface area contributed by atoms with Crippen molar-refractivity contribution in [3.05, 3.63) is 40.9 Å². The Morgan fingerprint density at radius 3 is 2.67 bits per heavy atom. The SMILES string of the molecule is CCCn1cc(C=C2SC(=O)N(CC(=O)N3CCC(C)CC3)C2=O)c2ccccc21. The van der Waals surface area contributed by atoms with E-state index in [1.165, 1.54) is 0 Å². The number of thioether (sulfide) groups is 1. The highest BCUT2D eigenvalue weighted by atomic mass is 32.2. The van der Waals surface area contributed by atoms with Gasteiger partial charge in [-0.2, -0.15) is 0 Å². The van der Waals surface area contributed by atoms with Gasteiger partial charge in [-0.25, -0.2) is 0 Å². The van der Waals surface area contributed by atoms with Crippen LogP contribution in [0.25, 0.3) is 17.0 Å². The predicted octanol–water partition coefficient (Wildman–Crippen LogP) is 4.35. The van der Waals surface area contributed by atoms with Crippen molar-refractivity contribution in [3.63, 3.8) is 0 Å². The zero-order valence-electron chi connectivity index (χ0n) is 17.5. The average Bonchev–Trinajstić information content (AvgIpc) is 3.21. The molecule has 0 aliphatic carbocycles. The van der Waals surface area contributed by atoms with Crippen LogP contribution in [0.2, 0.25) is 0 Å². The second-order valence-electron chi connectivity index (χ2n) is 8.13. The lowest BCUT2D eigenvalue weighted by atomic mass is 9.99. The normalized spacial score (nSPS) is 19.5. The number of carbonyl (C=O) groups excluding carboxylic acids is 3.